The number of alkyl halides is 3. The van der Waals surface area contributed by atoms with Gasteiger partial charge in [-0.3, -0.25) is 4.79 Å². The van der Waals surface area contributed by atoms with Gasteiger partial charge in [0.1, 0.15) is 6.04 Å². The summed E-state index contributed by atoms with van der Waals surface area (Å²) in [4.78, 5) is 11.2. The molecule has 1 atom stereocenters. The van der Waals surface area contributed by atoms with E-state index in [1.54, 1.807) is 6.92 Å². The SMILES string of the molecule is CCNC(c1cc2c(cc1Cl)NC(=O)C2)C(F)(F)F. The Balaban J connectivity index is 2.44. The van der Waals surface area contributed by atoms with Gasteiger partial charge in [-0.15, -0.1) is 0 Å². The molecule has 0 saturated heterocycles. The summed E-state index contributed by atoms with van der Waals surface area (Å²) >= 11 is 5.90. The molecule has 2 rings (SSSR count). The highest BCUT2D eigenvalue weighted by molar-refractivity contribution is 6.32. The second kappa shape index (κ2) is 5.02. The van der Waals surface area contributed by atoms with Crippen molar-refractivity contribution in [1.82, 2.24) is 5.32 Å². The lowest BCUT2D eigenvalue weighted by Gasteiger charge is -2.23. The van der Waals surface area contributed by atoms with Crippen LogP contribution in [0.1, 0.15) is 24.1 Å². The molecule has 3 nitrogen and oxygen atoms in total. The summed E-state index contributed by atoms with van der Waals surface area (Å²) in [5.74, 6) is -0.241. The van der Waals surface area contributed by atoms with Crippen LogP contribution in [0.15, 0.2) is 12.1 Å². The van der Waals surface area contributed by atoms with E-state index in [1.165, 1.54) is 12.1 Å². The summed E-state index contributed by atoms with van der Waals surface area (Å²) in [5, 5.41) is 4.91. The third kappa shape index (κ3) is 2.84. The summed E-state index contributed by atoms with van der Waals surface area (Å²) in [6.45, 7) is 1.75. The van der Waals surface area contributed by atoms with Crippen LogP contribution in [0, 0.1) is 0 Å². The van der Waals surface area contributed by atoms with Crippen molar-refractivity contribution >= 4 is 23.2 Å². The number of hydrogen-bond acceptors (Lipinski definition) is 2. The Kier molecular flexibility index (Phi) is 3.73. The average Bonchev–Trinajstić information content (AvgIpc) is 2.63. The highest BCUT2D eigenvalue weighted by atomic mass is 35.5. The number of amides is 1. The summed E-state index contributed by atoms with van der Waals surface area (Å²) in [5.41, 5.74) is 0.971. The summed E-state index contributed by atoms with van der Waals surface area (Å²) in [7, 11) is 0. The van der Waals surface area contributed by atoms with E-state index in [4.69, 9.17) is 11.6 Å². The average molecular weight is 293 g/mol. The Labute approximate surface area is 113 Å². The van der Waals surface area contributed by atoms with E-state index in [-0.39, 0.29) is 29.5 Å². The molecule has 1 aromatic rings. The molecule has 0 aromatic heterocycles. The molecule has 2 N–H and O–H groups in total. The fraction of sp³-hybridized carbons (Fsp3) is 0.417. The van der Waals surface area contributed by atoms with Crippen LogP contribution in [0.3, 0.4) is 0 Å². The number of hydrogen-bond donors (Lipinski definition) is 2. The fourth-order valence-electron chi connectivity index (χ4n) is 2.09. The summed E-state index contributed by atoms with van der Waals surface area (Å²) in [6, 6.07) is 0.884. The molecule has 0 bridgehead atoms. The number of rotatable bonds is 3. The predicted molar refractivity (Wildman–Crippen MR) is 66.3 cm³/mol. The molecule has 1 amide bonds. The molecule has 1 aliphatic heterocycles. The molecule has 0 aliphatic carbocycles. The maximum atomic E-state index is 13.0. The predicted octanol–water partition coefficient (Wildman–Crippen LogP) is 3.05. The molecule has 0 fully saturated rings. The highest BCUT2D eigenvalue weighted by Gasteiger charge is 2.41. The normalized spacial score (nSPS) is 16.2. The Morgan fingerprint density at radius 2 is 2.16 bits per heavy atom. The number of halogens is 4. The van der Waals surface area contributed by atoms with Gasteiger partial charge >= 0.3 is 6.18 Å². The number of nitrogens with one attached hydrogen (secondary N) is 2. The van der Waals surface area contributed by atoms with Crippen LogP contribution in [0.25, 0.3) is 0 Å². The Hall–Kier alpha value is -1.27. The van der Waals surface area contributed by atoms with Crippen LogP contribution >= 0.6 is 11.6 Å². The van der Waals surface area contributed by atoms with Crippen LogP contribution < -0.4 is 10.6 Å². The molecule has 1 aromatic carbocycles. The third-order valence-electron chi connectivity index (χ3n) is 2.89. The minimum Gasteiger partial charge on any atom is -0.325 e. The van der Waals surface area contributed by atoms with Gasteiger partial charge in [0.15, 0.2) is 0 Å². The molecule has 7 heteroatoms. The number of carbonyl (C=O) groups excluding carboxylic acids is 1. The van der Waals surface area contributed by atoms with E-state index in [0.29, 0.717) is 11.3 Å². The monoisotopic (exact) mass is 292 g/mol. The van der Waals surface area contributed by atoms with Crippen molar-refractivity contribution in [3.05, 3.63) is 28.3 Å². The van der Waals surface area contributed by atoms with Crippen molar-refractivity contribution in [3.8, 4) is 0 Å². The lowest BCUT2D eigenvalue weighted by Crippen LogP contribution is -2.34. The second-order valence-electron chi connectivity index (χ2n) is 4.29. The Morgan fingerprint density at radius 3 is 2.74 bits per heavy atom. The van der Waals surface area contributed by atoms with Gasteiger partial charge in [-0.25, -0.2) is 0 Å². The van der Waals surface area contributed by atoms with Crippen molar-refractivity contribution in [3.63, 3.8) is 0 Å². The number of carbonyl (C=O) groups is 1. The minimum absolute atomic E-state index is 0.00998. The molecule has 0 spiro atoms. The van der Waals surface area contributed by atoms with Crippen LogP contribution in [0.2, 0.25) is 5.02 Å². The maximum absolute atomic E-state index is 13.0. The van der Waals surface area contributed by atoms with Crippen LogP contribution in [-0.2, 0) is 11.2 Å². The van der Waals surface area contributed by atoms with E-state index in [2.05, 4.69) is 10.6 Å². The first-order valence-electron chi connectivity index (χ1n) is 5.75. The van der Waals surface area contributed by atoms with E-state index in [0.717, 1.165) is 0 Å². The van der Waals surface area contributed by atoms with Crippen LogP contribution in [0.5, 0.6) is 0 Å². The van der Waals surface area contributed by atoms with Crippen molar-refractivity contribution < 1.29 is 18.0 Å². The molecular weight excluding hydrogens is 281 g/mol. The highest BCUT2D eigenvalue weighted by Crippen LogP contribution is 2.39. The topological polar surface area (TPSA) is 41.1 Å². The number of benzene rings is 1. The zero-order chi connectivity index (χ0) is 14.2. The molecule has 104 valence electrons. The van der Waals surface area contributed by atoms with Crippen molar-refractivity contribution in [2.24, 2.45) is 0 Å². The van der Waals surface area contributed by atoms with Crippen LogP contribution in [-0.4, -0.2) is 18.6 Å². The van der Waals surface area contributed by atoms with Gasteiger partial charge < -0.3 is 10.6 Å². The molecule has 19 heavy (non-hydrogen) atoms. The molecule has 0 saturated carbocycles. The lowest BCUT2D eigenvalue weighted by molar-refractivity contribution is -0.157. The van der Waals surface area contributed by atoms with Gasteiger partial charge in [0.05, 0.1) is 6.42 Å². The van der Waals surface area contributed by atoms with Crippen molar-refractivity contribution in [2.75, 3.05) is 11.9 Å². The van der Waals surface area contributed by atoms with Gasteiger partial charge in [0, 0.05) is 10.7 Å². The third-order valence-corrected chi connectivity index (χ3v) is 3.22. The van der Waals surface area contributed by atoms with Gasteiger partial charge in [-0.1, -0.05) is 18.5 Å². The van der Waals surface area contributed by atoms with Gasteiger partial charge in [-0.05, 0) is 29.8 Å². The Morgan fingerprint density at radius 1 is 1.47 bits per heavy atom. The first-order chi connectivity index (χ1) is 8.82. The van der Waals surface area contributed by atoms with E-state index < -0.39 is 12.2 Å². The van der Waals surface area contributed by atoms with E-state index in [9.17, 15) is 18.0 Å². The fourth-order valence-corrected chi connectivity index (χ4v) is 2.37. The van der Waals surface area contributed by atoms with Crippen molar-refractivity contribution in [2.45, 2.75) is 25.6 Å². The van der Waals surface area contributed by atoms with Crippen LogP contribution in [0.4, 0.5) is 18.9 Å². The van der Waals surface area contributed by atoms with E-state index in [1.807, 2.05) is 0 Å². The summed E-state index contributed by atoms with van der Waals surface area (Å²) in [6.07, 6.45) is -4.36. The Bertz CT molecular complexity index is 516. The second-order valence-corrected chi connectivity index (χ2v) is 4.70. The quantitative estimate of drug-likeness (QED) is 0.899. The number of fused-ring (bicyclic) bond motifs is 1. The molecule has 1 aliphatic rings. The standard InChI is InChI=1S/C12H12ClF3N2O/c1-2-17-11(12(14,15)16)7-3-6-4-10(19)18-9(6)5-8(7)13/h3,5,11,17H,2,4H2,1H3,(H,18,19). The largest absolute Gasteiger partial charge is 0.407 e. The zero-order valence-corrected chi connectivity index (χ0v) is 10.8. The molecule has 1 heterocycles. The smallest absolute Gasteiger partial charge is 0.325 e. The summed E-state index contributed by atoms with van der Waals surface area (Å²) < 4.78 is 39.0. The first-order valence-corrected chi connectivity index (χ1v) is 6.13. The van der Waals surface area contributed by atoms with Crippen molar-refractivity contribution in [1.29, 1.82) is 0 Å². The maximum Gasteiger partial charge on any atom is 0.407 e. The van der Waals surface area contributed by atoms with Gasteiger partial charge in [-0.2, -0.15) is 13.2 Å². The molecule has 1 unspecified atom stereocenters. The number of anilines is 1. The van der Waals surface area contributed by atoms with Gasteiger partial charge in [0.25, 0.3) is 0 Å². The molecule has 0 radical (unpaired) electrons. The minimum atomic E-state index is -4.44. The van der Waals surface area contributed by atoms with E-state index >= 15 is 0 Å². The first kappa shape index (κ1) is 14.1. The van der Waals surface area contributed by atoms with Gasteiger partial charge in [0.2, 0.25) is 5.91 Å². The molecular formula is C12H12ClF3N2O. The lowest BCUT2D eigenvalue weighted by atomic mass is 10.0. The zero-order valence-electron chi connectivity index (χ0n) is 10.1.